The Balaban J connectivity index is 1.36. The molecule has 0 spiro atoms. The van der Waals surface area contributed by atoms with Crippen molar-refractivity contribution < 1.29 is 29.3 Å². The third-order valence-corrected chi connectivity index (χ3v) is 6.07. The molecule has 2 heterocycles. The first-order valence-electron chi connectivity index (χ1n) is 11.0. The summed E-state index contributed by atoms with van der Waals surface area (Å²) in [7, 11) is 0. The van der Waals surface area contributed by atoms with Crippen molar-refractivity contribution in [2.75, 3.05) is 13.3 Å². The molecule has 5 rings (SSSR count). The van der Waals surface area contributed by atoms with Crippen LogP contribution in [0.2, 0.25) is 0 Å². The summed E-state index contributed by atoms with van der Waals surface area (Å²) in [6.07, 6.45) is -2.00. The van der Waals surface area contributed by atoms with Crippen LogP contribution in [-0.4, -0.2) is 47.0 Å². The van der Waals surface area contributed by atoms with Gasteiger partial charge in [0.25, 0.3) is 0 Å². The molecule has 2 aliphatic rings. The maximum Gasteiger partial charge on any atom is 0.231 e. The van der Waals surface area contributed by atoms with Crippen LogP contribution in [0.25, 0.3) is 0 Å². The van der Waals surface area contributed by atoms with E-state index in [0.717, 1.165) is 16.2 Å². The normalized spacial score (nSPS) is 23.0. The van der Waals surface area contributed by atoms with Gasteiger partial charge in [-0.3, -0.25) is 0 Å². The second-order valence-corrected chi connectivity index (χ2v) is 8.27. The molecular formula is C26H27NO6. The van der Waals surface area contributed by atoms with Crippen LogP contribution >= 0.6 is 0 Å². The lowest BCUT2D eigenvalue weighted by Crippen LogP contribution is -2.41. The van der Waals surface area contributed by atoms with Crippen LogP contribution in [0.1, 0.15) is 22.8 Å². The average Bonchev–Trinajstić information content (AvgIpc) is 3.45. The second-order valence-electron chi connectivity index (χ2n) is 8.27. The molecule has 0 saturated carbocycles. The quantitative estimate of drug-likeness (QED) is 0.543. The van der Waals surface area contributed by atoms with Crippen LogP contribution in [0.3, 0.4) is 0 Å². The summed E-state index contributed by atoms with van der Waals surface area (Å²) < 4.78 is 23.3. The molecule has 7 nitrogen and oxygen atoms in total. The molecule has 0 aromatic heterocycles. The second kappa shape index (κ2) is 9.91. The molecule has 0 radical (unpaired) electrons. The van der Waals surface area contributed by atoms with E-state index >= 15 is 0 Å². The van der Waals surface area contributed by atoms with Crippen LogP contribution in [-0.2, 0) is 22.7 Å². The highest BCUT2D eigenvalue weighted by Crippen LogP contribution is 2.38. The van der Waals surface area contributed by atoms with Crippen molar-refractivity contribution in [3.05, 3.63) is 95.6 Å². The fourth-order valence-electron chi connectivity index (χ4n) is 4.33. The number of hydrogen-bond donors (Lipinski definition) is 2. The smallest absolute Gasteiger partial charge is 0.231 e. The summed E-state index contributed by atoms with van der Waals surface area (Å²) in [5.41, 5.74) is 2.65. The number of rotatable bonds is 8. The first-order valence-corrected chi connectivity index (χ1v) is 11.0. The lowest BCUT2D eigenvalue weighted by molar-refractivity contribution is -0.157. The van der Waals surface area contributed by atoms with E-state index in [1.54, 1.807) is 18.2 Å². The van der Waals surface area contributed by atoms with Gasteiger partial charge in [0.1, 0.15) is 12.2 Å². The summed E-state index contributed by atoms with van der Waals surface area (Å²) in [6.45, 7) is 1.10. The summed E-state index contributed by atoms with van der Waals surface area (Å²) in [5.74, 6) is 1.21. The first-order chi connectivity index (χ1) is 16.2. The Kier molecular flexibility index (Phi) is 6.57. The van der Waals surface area contributed by atoms with Gasteiger partial charge in [0, 0.05) is 0 Å². The lowest BCUT2D eigenvalue weighted by atomic mass is 9.97. The summed E-state index contributed by atoms with van der Waals surface area (Å²) in [5, 5.41) is 23.2. The highest BCUT2D eigenvalue weighted by molar-refractivity contribution is 5.45. The van der Waals surface area contributed by atoms with Gasteiger partial charge >= 0.3 is 0 Å². The van der Waals surface area contributed by atoms with E-state index in [1.807, 2.05) is 60.7 Å². The van der Waals surface area contributed by atoms with E-state index in [-0.39, 0.29) is 13.3 Å². The van der Waals surface area contributed by atoms with E-state index in [9.17, 15) is 10.3 Å². The number of nitrogens with zero attached hydrogens (tertiary/aromatic N) is 1. The minimum absolute atomic E-state index is 0.155. The van der Waals surface area contributed by atoms with E-state index < -0.39 is 24.4 Å². The Morgan fingerprint density at radius 1 is 0.848 bits per heavy atom. The van der Waals surface area contributed by atoms with Crippen LogP contribution in [0.15, 0.2) is 78.9 Å². The van der Waals surface area contributed by atoms with Gasteiger partial charge in [-0.05, 0) is 28.8 Å². The molecule has 0 aliphatic carbocycles. The number of aliphatic hydroxyl groups is 1. The van der Waals surface area contributed by atoms with Crippen molar-refractivity contribution in [2.45, 2.75) is 37.6 Å². The number of ether oxygens (including phenoxy) is 4. The molecule has 1 fully saturated rings. The molecule has 4 atom stereocenters. The Labute approximate surface area is 192 Å². The van der Waals surface area contributed by atoms with Gasteiger partial charge in [0.2, 0.25) is 6.79 Å². The largest absolute Gasteiger partial charge is 0.454 e. The van der Waals surface area contributed by atoms with E-state index in [0.29, 0.717) is 30.3 Å². The van der Waals surface area contributed by atoms with E-state index in [1.165, 1.54) is 0 Å². The fourth-order valence-corrected chi connectivity index (χ4v) is 4.33. The molecule has 2 N–H and O–H groups in total. The van der Waals surface area contributed by atoms with Gasteiger partial charge in [-0.1, -0.05) is 66.7 Å². The molecule has 172 valence electrons. The molecule has 1 saturated heterocycles. The highest BCUT2D eigenvalue weighted by atomic mass is 16.7. The monoisotopic (exact) mass is 449 g/mol. The molecular weight excluding hydrogens is 422 g/mol. The van der Waals surface area contributed by atoms with Crippen molar-refractivity contribution in [3.63, 3.8) is 0 Å². The molecule has 0 bridgehead atoms. The van der Waals surface area contributed by atoms with E-state index in [2.05, 4.69) is 0 Å². The predicted octanol–water partition coefficient (Wildman–Crippen LogP) is 3.69. The number of aliphatic hydroxyl groups excluding tert-OH is 1. The fraction of sp³-hybridized carbons (Fsp3) is 0.308. The number of benzene rings is 3. The van der Waals surface area contributed by atoms with Crippen molar-refractivity contribution in [1.82, 2.24) is 5.06 Å². The summed E-state index contributed by atoms with van der Waals surface area (Å²) in [6, 6.07) is 24.2. The molecule has 0 amide bonds. The minimum atomic E-state index is -1.02. The summed E-state index contributed by atoms with van der Waals surface area (Å²) in [4.78, 5) is 0. The van der Waals surface area contributed by atoms with E-state index in [4.69, 9.17) is 18.9 Å². The zero-order valence-electron chi connectivity index (χ0n) is 18.1. The van der Waals surface area contributed by atoms with Crippen molar-refractivity contribution in [1.29, 1.82) is 0 Å². The molecule has 33 heavy (non-hydrogen) atoms. The predicted molar refractivity (Wildman–Crippen MR) is 120 cm³/mol. The first kappa shape index (κ1) is 21.9. The maximum atomic E-state index is 11.3. The molecule has 7 heteroatoms. The minimum Gasteiger partial charge on any atom is -0.454 e. The van der Waals surface area contributed by atoms with Crippen molar-refractivity contribution in [2.24, 2.45) is 0 Å². The van der Waals surface area contributed by atoms with Crippen LogP contribution < -0.4 is 9.47 Å². The van der Waals surface area contributed by atoms with Gasteiger partial charge in [-0.25, -0.2) is 0 Å². The Bertz CT molecular complexity index is 1050. The van der Waals surface area contributed by atoms with Crippen LogP contribution in [0, 0.1) is 0 Å². The van der Waals surface area contributed by atoms with Gasteiger partial charge in [-0.2, -0.15) is 5.06 Å². The zero-order chi connectivity index (χ0) is 22.6. The van der Waals surface area contributed by atoms with Gasteiger partial charge in [0.15, 0.2) is 11.5 Å². The molecule has 2 aliphatic heterocycles. The van der Waals surface area contributed by atoms with Gasteiger partial charge < -0.3 is 29.3 Å². The standard InChI is InChI=1S/C26H27NO6/c28-25(20-11-12-21-22(13-20)33-17-32-21)24-26(31-16-19-9-5-2-6-10-19)23(14-27(24)29)30-15-18-7-3-1-4-8-18/h1-13,23-26,28-29H,14-17H2/t23-,24-,25?,26+/m0/s1. The zero-order valence-corrected chi connectivity index (χ0v) is 18.1. The number of hydroxylamine groups is 2. The third-order valence-electron chi connectivity index (χ3n) is 6.07. The highest BCUT2D eigenvalue weighted by Gasteiger charge is 2.47. The third kappa shape index (κ3) is 4.88. The Morgan fingerprint density at radius 3 is 2.18 bits per heavy atom. The van der Waals surface area contributed by atoms with Crippen molar-refractivity contribution in [3.8, 4) is 11.5 Å². The average molecular weight is 450 g/mol. The lowest BCUT2D eigenvalue weighted by Gasteiger charge is -2.30. The SMILES string of the molecule is OC(c1ccc2c(c1)OCO2)[C@H]1[C@H](OCc2ccccc2)[C@@H](OCc2ccccc2)CN1O. The van der Waals surface area contributed by atoms with Crippen LogP contribution in [0.4, 0.5) is 0 Å². The molecule has 3 aromatic rings. The van der Waals surface area contributed by atoms with Crippen molar-refractivity contribution >= 4 is 0 Å². The number of hydrogen-bond acceptors (Lipinski definition) is 7. The Hall–Kier alpha value is -2.94. The number of fused-ring (bicyclic) bond motifs is 1. The maximum absolute atomic E-state index is 11.3. The summed E-state index contributed by atoms with van der Waals surface area (Å²) >= 11 is 0. The molecule has 1 unspecified atom stereocenters. The Morgan fingerprint density at radius 2 is 1.48 bits per heavy atom. The van der Waals surface area contributed by atoms with Gasteiger partial charge in [-0.15, -0.1) is 0 Å². The molecule has 3 aromatic carbocycles. The topological polar surface area (TPSA) is 80.6 Å². The van der Waals surface area contributed by atoms with Crippen LogP contribution in [0.5, 0.6) is 11.5 Å². The van der Waals surface area contributed by atoms with Gasteiger partial charge in [0.05, 0.1) is 31.9 Å².